The molecule has 3 rings (SSSR count). The van der Waals surface area contributed by atoms with Gasteiger partial charge in [-0.3, -0.25) is 9.36 Å². The van der Waals surface area contributed by atoms with E-state index in [1.165, 1.54) is 0 Å². The van der Waals surface area contributed by atoms with E-state index in [9.17, 15) is 9.90 Å². The molecule has 0 fully saturated rings. The van der Waals surface area contributed by atoms with Gasteiger partial charge in [-0.15, -0.1) is 0 Å². The van der Waals surface area contributed by atoms with E-state index in [-0.39, 0.29) is 11.7 Å². The van der Waals surface area contributed by atoms with Crippen LogP contribution in [0.25, 0.3) is 10.8 Å². The van der Waals surface area contributed by atoms with Crippen molar-refractivity contribution in [2.75, 3.05) is 0 Å². The van der Waals surface area contributed by atoms with Crippen molar-refractivity contribution in [2.24, 2.45) is 5.92 Å². The van der Waals surface area contributed by atoms with Gasteiger partial charge in [-0.1, -0.05) is 52.0 Å². The summed E-state index contributed by atoms with van der Waals surface area (Å²) >= 11 is 0. The highest BCUT2D eigenvalue weighted by Crippen LogP contribution is 2.30. The fourth-order valence-corrected chi connectivity index (χ4v) is 3.31. The zero-order chi connectivity index (χ0) is 18.1. The van der Waals surface area contributed by atoms with Crippen LogP contribution in [0, 0.1) is 5.92 Å². The third-order valence-electron chi connectivity index (χ3n) is 4.52. The second kappa shape index (κ2) is 6.75. The summed E-state index contributed by atoms with van der Waals surface area (Å²) in [6.07, 6.45) is 4.52. The summed E-state index contributed by atoms with van der Waals surface area (Å²) < 4.78 is 1.56. The maximum absolute atomic E-state index is 12.9. The zero-order valence-corrected chi connectivity index (χ0v) is 15.3. The summed E-state index contributed by atoms with van der Waals surface area (Å²) in [6.45, 7) is 8.56. The van der Waals surface area contributed by atoms with Gasteiger partial charge in [0.1, 0.15) is 5.75 Å². The molecule has 2 aromatic carbocycles. The van der Waals surface area contributed by atoms with Gasteiger partial charge in [0.15, 0.2) is 0 Å². The first kappa shape index (κ1) is 17.3. The van der Waals surface area contributed by atoms with Crippen molar-refractivity contribution < 1.29 is 9.90 Å². The van der Waals surface area contributed by atoms with Crippen LogP contribution in [-0.4, -0.2) is 15.6 Å². The molecule has 0 unspecified atom stereocenters. The monoisotopic (exact) mass is 335 g/mol. The molecule has 1 heterocycles. The standard InChI is InChI=1S/C22H25NO2/c1-14(2)9-18-10-21(24)20(11-19(18)15(3)4)22(25)23-12-16-7-5-6-8-17(16)13-23/h5-8,10-15,24H,9H2,1-4H3. The molecule has 0 radical (unpaired) electrons. The van der Waals surface area contributed by atoms with Gasteiger partial charge in [-0.25, -0.2) is 0 Å². The Hall–Kier alpha value is -2.55. The number of carbonyl (C=O) groups is 1. The topological polar surface area (TPSA) is 42.2 Å². The smallest absolute Gasteiger partial charge is 0.265 e. The third kappa shape index (κ3) is 3.46. The van der Waals surface area contributed by atoms with Gasteiger partial charge in [-0.2, -0.15) is 0 Å². The lowest BCUT2D eigenvalue weighted by Gasteiger charge is -2.17. The molecule has 3 aromatic rings. The molecule has 0 saturated carbocycles. The molecule has 3 nitrogen and oxygen atoms in total. The number of phenolic OH excluding ortho intramolecular Hbond substituents is 1. The molecule has 1 aromatic heterocycles. The first-order chi connectivity index (χ1) is 11.9. The number of carbonyl (C=O) groups excluding carboxylic acids is 1. The molecule has 130 valence electrons. The minimum absolute atomic E-state index is 0.0582. The summed E-state index contributed by atoms with van der Waals surface area (Å²) in [5.74, 6) is 0.646. The normalized spacial score (nSPS) is 11.6. The molecule has 0 aliphatic carbocycles. The van der Waals surface area contributed by atoms with E-state index >= 15 is 0 Å². The Balaban J connectivity index is 2.06. The second-order valence-corrected chi connectivity index (χ2v) is 7.42. The first-order valence-electron chi connectivity index (χ1n) is 8.84. The van der Waals surface area contributed by atoms with Crippen molar-refractivity contribution in [1.82, 2.24) is 4.57 Å². The number of hydrogen-bond donors (Lipinski definition) is 1. The van der Waals surface area contributed by atoms with Crippen LogP contribution in [0.5, 0.6) is 5.75 Å². The average molecular weight is 335 g/mol. The molecule has 0 spiro atoms. The number of hydrogen-bond acceptors (Lipinski definition) is 2. The van der Waals surface area contributed by atoms with Crippen molar-refractivity contribution in [3.63, 3.8) is 0 Å². The quantitative estimate of drug-likeness (QED) is 0.697. The number of benzene rings is 2. The molecular weight excluding hydrogens is 310 g/mol. The van der Waals surface area contributed by atoms with Crippen LogP contribution in [0.4, 0.5) is 0 Å². The predicted molar refractivity (Wildman–Crippen MR) is 102 cm³/mol. The highest BCUT2D eigenvalue weighted by Gasteiger charge is 2.19. The van der Waals surface area contributed by atoms with Crippen LogP contribution in [0.15, 0.2) is 48.8 Å². The number of phenols is 1. The molecule has 0 aliphatic rings. The van der Waals surface area contributed by atoms with E-state index in [0.29, 0.717) is 17.4 Å². The van der Waals surface area contributed by atoms with Crippen molar-refractivity contribution in [3.05, 3.63) is 65.5 Å². The molecule has 1 N–H and O–H groups in total. The third-order valence-corrected chi connectivity index (χ3v) is 4.52. The van der Waals surface area contributed by atoms with Gasteiger partial charge < -0.3 is 5.11 Å². The highest BCUT2D eigenvalue weighted by molar-refractivity contribution is 6.01. The largest absolute Gasteiger partial charge is 0.507 e. The van der Waals surface area contributed by atoms with E-state index in [1.54, 1.807) is 10.6 Å². The minimum Gasteiger partial charge on any atom is -0.507 e. The Morgan fingerprint density at radius 3 is 2.16 bits per heavy atom. The Bertz CT molecular complexity index is 886. The summed E-state index contributed by atoms with van der Waals surface area (Å²) in [5, 5.41) is 12.5. The summed E-state index contributed by atoms with van der Waals surface area (Å²) in [5.41, 5.74) is 2.61. The summed E-state index contributed by atoms with van der Waals surface area (Å²) in [7, 11) is 0. The molecule has 0 amide bonds. The first-order valence-corrected chi connectivity index (χ1v) is 8.84. The molecule has 0 saturated heterocycles. The van der Waals surface area contributed by atoms with E-state index in [0.717, 1.165) is 28.3 Å². The Morgan fingerprint density at radius 1 is 1.04 bits per heavy atom. The number of rotatable bonds is 4. The number of aromatic hydroxyl groups is 1. The molecule has 25 heavy (non-hydrogen) atoms. The maximum Gasteiger partial charge on any atom is 0.265 e. The molecule has 3 heteroatoms. The van der Waals surface area contributed by atoms with Crippen molar-refractivity contribution in [1.29, 1.82) is 0 Å². The van der Waals surface area contributed by atoms with Crippen LogP contribution >= 0.6 is 0 Å². The van der Waals surface area contributed by atoms with Gasteiger partial charge in [0.2, 0.25) is 0 Å². The number of aromatic nitrogens is 1. The van der Waals surface area contributed by atoms with Gasteiger partial charge >= 0.3 is 0 Å². The fraction of sp³-hybridized carbons (Fsp3) is 0.318. The maximum atomic E-state index is 12.9. The minimum atomic E-state index is -0.202. The van der Waals surface area contributed by atoms with Gasteiger partial charge in [-0.05, 0) is 52.3 Å². The van der Waals surface area contributed by atoms with Crippen LogP contribution < -0.4 is 0 Å². The highest BCUT2D eigenvalue weighted by atomic mass is 16.3. The molecule has 0 atom stereocenters. The molecule has 0 aliphatic heterocycles. The van der Waals surface area contributed by atoms with E-state index < -0.39 is 0 Å². The lowest BCUT2D eigenvalue weighted by atomic mass is 9.89. The average Bonchev–Trinajstić information content (AvgIpc) is 2.97. The Kier molecular flexibility index (Phi) is 4.67. The number of fused-ring (bicyclic) bond motifs is 1. The van der Waals surface area contributed by atoms with Crippen molar-refractivity contribution >= 4 is 16.7 Å². The molecule has 0 bridgehead atoms. The van der Waals surface area contributed by atoms with Crippen molar-refractivity contribution in [3.8, 4) is 5.75 Å². The van der Waals surface area contributed by atoms with Crippen LogP contribution in [0.1, 0.15) is 55.1 Å². The summed E-state index contributed by atoms with van der Waals surface area (Å²) in [4.78, 5) is 12.9. The van der Waals surface area contributed by atoms with E-state index in [4.69, 9.17) is 0 Å². The number of nitrogens with zero attached hydrogens (tertiary/aromatic N) is 1. The van der Waals surface area contributed by atoms with Gasteiger partial charge in [0.25, 0.3) is 5.91 Å². The summed E-state index contributed by atoms with van der Waals surface area (Å²) in [6, 6.07) is 11.5. The van der Waals surface area contributed by atoms with E-state index in [1.807, 2.05) is 42.7 Å². The van der Waals surface area contributed by atoms with Crippen LogP contribution in [-0.2, 0) is 6.42 Å². The lowest BCUT2D eigenvalue weighted by Crippen LogP contribution is -2.12. The van der Waals surface area contributed by atoms with Gasteiger partial charge in [0.05, 0.1) is 5.56 Å². The lowest BCUT2D eigenvalue weighted by molar-refractivity contribution is 0.0958. The zero-order valence-electron chi connectivity index (χ0n) is 15.3. The fourth-order valence-electron chi connectivity index (χ4n) is 3.31. The Labute approximate surface area is 148 Å². The van der Waals surface area contributed by atoms with Crippen LogP contribution in [0.2, 0.25) is 0 Å². The van der Waals surface area contributed by atoms with E-state index in [2.05, 4.69) is 27.7 Å². The molecular formula is C22H25NO2. The predicted octanol–water partition coefficient (Wildman–Crippen LogP) is 5.36. The second-order valence-electron chi connectivity index (χ2n) is 7.42. The Morgan fingerprint density at radius 2 is 1.64 bits per heavy atom. The SMILES string of the molecule is CC(C)Cc1cc(O)c(C(=O)n2cc3ccccc3c2)cc1C(C)C. The van der Waals surface area contributed by atoms with Crippen molar-refractivity contribution in [2.45, 2.75) is 40.0 Å². The van der Waals surface area contributed by atoms with Gasteiger partial charge in [0, 0.05) is 12.4 Å². The van der Waals surface area contributed by atoms with Crippen LogP contribution in [0.3, 0.4) is 0 Å².